The van der Waals surface area contributed by atoms with Gasteiger partial charge in [-0.3, -0.25) is 0 Å². The molecular weight excluding hydrogens is 330 g/mol. The van der Waals surface area contributed by atoms with Crippen molar-refractivity contribution in [3.05, 3.63) is 22.7 Å². The van der Waals surface area contributed by atoms with Crippen molar-refractivity contribution in [2.75, 3.05) is 5.73 Å². The summed E-state index contributed by atoms with van der Waals surface area (Å²) in [6, 6.07) is 6.02. The van der Waals surface area contributed by atoms with Gasteiger partial charge in [0, 0.05) is 15.7 Å². The topological polar surface area (TPSA) is 69.6 Å². The first kappa shape index (κ1) is 15.9. The minimum atomic E-state index is 0.272. The molecule has 2 rings (SSSR count). The molecule has 0 saturated carbocycles. The monoisotopic (exact) mass is 351 g/mol. The van der Waals surface area contributed by atoms with Crippen LogP contribution in [0.2, 0.25) is 0 Å². The zero-order chi connectivity index (χ0) is 15.4. The maximum absolute atomic E-state index is 5.90. The quantitative estimate of drug-likeness (QED) is 0.796. The van der Waals surface area contributed by atoms with Crippen molar-refractivity contribution in [1.82, 2.24) is 20.2 Å². The second-order valence-corrected chi connectivity index (χ2v) is 6.81. The number of rotatable bonds is 6. The zero-order valence-electron chi connectivity index (χ0n) is 12.8. The van der Waals surface area contributed by atoms with Crippen LogP contribution in [0.1, 0.15) is 46.1 Å². The normalized spacial score (nSPS) is 12.8. The molecule has 21 heavy (non-hydrogen) atoms. The van der Waals surface area contributed by atoms with Crippen LogP contribution in [0, 0.1) is 5.92 Å². The Bertz CT molecular complexity index is 573. The number of anilines is 1. The first-order valence-corrected chi connectivity index (χ1v) is 8.11. The number of tetrazole rings is 1. The van der Waals surface area contributed by atoms with Crippen molar-refractivity contribution in [3.8, 4) is 11.4 Å². The Morgan fingerprint density at radius 3 is 2.62 bits per heavy atom. The summed E-state index contributed by atoms with van der Waals surface area (Å²) in [7, 11) is 0. The van der Waals surface area contributed by atoms with Gasteiger partial charge in [0.2, 0.25) is 0 Å². The van der Waals surface area contributed by atoms with Crippen molar-refractivity contribution >= 4 is 21.6 Å². The Morgan fingerprint density at radius 2 is 1.95 bits per heavy atom. The molecule has 5 nitrogen and oxygen atoms in total. The van der Waals surface area contributed by atoms with Gasteiger partial charge in [0.15, 0.2) is 5.82 Å². The Morgan fingerprint density at radius 1 is 1.19 bits per heavy atom. The first-order valence-electron chi connectivity index (χ1n) is 7.31. The number of hydrogen-bond acceptors (Lipinski definition) is 4. The lowest BCUT2D eigenvalue weighted by molar-refractivity contribution is 0.414. The fraction of sp³-hybridized carbons (Fsp3) is 0.533. The smallest absolute Gasteiger partial charge is 0.182 e. The van der Waals surface area contributed by atoms with Crippen molar-refractivity contribution in [2.45, 2.75) is 46.1 Å². The number of nitrogen functional groups attached to an aromatic ring is 1. The third-order valence-electron chi connectivity index (χ3n) is 3.49. The van der Waals surface area contributed by atoms with Crippen LogP contribution < -0.4 is 5.73 Å². The van der Waals surface area contributed by atoms with E-state index in [1.165, 1.54) is 12.8 Å². The van der Waals surface area contributed by atoms with Gasteiger partial charge in [-0.2, -0.15) is 0 Å². The molecule has 2 aromatic rings. The summed E-state index contributed by atoms with van der Waals surface area (Å²) >= 11 is 3.46. The maximum Gasteiger partial charge on any atom is 0.182 e. The molecule has 1 heterocycles. The predicted octanol–water partition coefficient (Wildman–Crippen LogP) is 4.07. The fourth-order valence-corrected chi connectivity index (χ4v) is 2.88. The highest BCUT2D eigenvalue weighted by atomic mass is 79.9. The summed E-state index contributed by atoms with van der Waals surface area (Å²) in [6.45, 7) is 6.65. The minimum Gasteiger partial charge on any atom is -0.399 e. The third kappa shape index (κ3) is 4.27. The molecule has 0 aliphatic carbocycles. The molecule has 0 aliphatic heterocycles. The fourth-order valence-electron chi connectivity index (χ4n) is 2.37. The van der Waals surface area contributed by atoms with E-state index in [9.17, 15) is 0 Å². The second kappa shape index (κ2) is 7.02. The molecule has 1 aromatic carbocycles. The molecule has 0 aliphatic rings. The molecule has 0 bridgehead atoms. The summed E-state index contributed by atoms with van der Waals surface area (Å²) in [4.78, 5) is 0. The van der Waals surface area contributed by atoms with Gasteiger partial charge >= 0.3 is 0 Å². The van der Waals surface area contributed by atoms with Crippen LogP contribution in [0.4, 0.5) is 5.69 Å². The minimum absolute atomic E-state index is 0.272. The van der Waals surface area contributed by atoms with E-state index in [0.29, 0.717) is 5.69 Å². The molecular formula is C15H22BrN5. The lowest BCUT2D eigenvalue weighted by atomic mass is 10.0. The van der Waals surface area contributed by atoms with E-state index in [1.54, 1.807) is 0 Å². The highest BCUT2D eigenvalue weighted by Gasteiger charge is 2.15. The number of benzene rings is 1. The van der Waals surface area contributed by atoms with Gasteiger partial charge in [-0.1, -0.05) is 42.6 Å². The van der Waals surface area contributed by atoms with Crippen LogP contribution in [0.5, 0.6) is 0 Å². The highest BCUT2D eigenvalue weighted by molar-refractivity contribution is 9.10. The van der Waals surface area contributed by atoms with Crippen molar-refractivity contribution in [3.63, 3.8) is 0 Å². The van der Waals surface area contributed by atoms with E-state index in [0.717, 1.165) is 28.2 Å². The number of nitrogens with zero attached hydrogens (tertiary/aromatic N) is 4. The molecule has 0 amide bonds. The lowest BCUT2D eigenvalue weighted by Crippen LogP contribution is -2.09. The average Bonchev–Trinajstić information content (AvgIpc) is 2.86. The molecule has 0 fully saturated rings. The second-order valence-electron chi connectivity index (χ2n) is 5.89. The molecule has 0 saturated heterocycles. The van der Waals surface area contributed by atoms with Crippen molar-refractivity contribution in [1.29, 1.82) is 0 Å². The Labute approximate surface area is 134 Å². The maximum atomic E-state index is 5.90. The molecule has 6 heteroatoms. The van der Waals surface area contributed by atoms with E-state index in [4.69, 9.17) is 5.73 Å². The van der Waals surface area contributed by atoms with E-state index >= 15 is 0 Å². The number of nitrogens with two attached hydrogens (primary N) is 1. The van der Waals surface area contributed by atoms with Crippen LogP contribution in [-0.4, -0.2) is 20.2 Å². The van der Waals surface area contributed by atoms with Crippen LogP contribution in [0.25, 0.3) is 11.4 Å². The standard InChI is InChI=1S/C15H22BrN5/c1-10(2)5-4-6-11(3)21-15(18-19-20-21)12-7-13(16)9-14(17)8-12/h7-11H,4-6,17H2,1-3H3. The molecule has 0 spiro atoms. The molecule has 1 atom stereocenters. The zero-order valence-corrected chi connectivity index (χ0v) is 14.3. The molecule has 1 aromatic heterocycles. The number of halogens is 1. The van der Waals surface area contributed by atoms with Crippen molar-refractivity contribution in [2.24, 2.45) is 5.92 Å². The van der Waals surface area contributed by atoms with E-state index in [2.05, 4.69) is 52.2 Å². The summed E-state index contributed by atoms with van der Waals surface area (Å²) in [5.41, 5.74) is 7.53. The number of aromatic nitrogens is 4. The Balaban J connectivity index is 2.17. The molecule has 0 radical (unpaired) electrons. The van der Waals surface area contributed by atoms with Crippen LogP contribution in [0.15, 0.2) is 22.7 Å². The first-order chi connectivity index (χ1) is 9.97. The number of hydrogen-bond donors (Lipinski definition) is 1. The van der Waals surface area contributed by atoms with Gasteiger partial charge in [-0.25, -0.2) is 4.68 Å². The van der Waals surface area contributed by atoms with Gasteiger partial charge in [0.1, 0.15) is 0 Å². The van der Waals surface area contributed by atoms with E-state index in [1.807, 2.05) is 22.9 Å². The van der Waals surface area contributed by atoms with Crippen LogP contribution in [-0.2, 0) is 0 Å². The summed E-state index contributed by atoms with van der Waals surface area (Å²) < 4.78 is 2.82. The Kier molecular flexibility index (Phi) is 5.33. The lowest BCUT2D eigenvalue weighted by Gasteiger charge is -2.14. The summed E-state index contributed by atoms with van der Waals surface area (Å²) in [6.07, 6.45) is 3.48. The highest BCUT2D eigenvalue weighted by Crippen LogP contribution is 2.27. The molecule has 1 unspecified atom stereocenters. The van der Waals surface area contributed by atoms with Gasteiger partial charge in [0.05, 0.1) is 6.04 Å². The van der Waals surface area contributed by atoms with Gasteiger partial charge in [-0.05, 0) is 47.9 Å². The van der Waals surface area contributed by atoms with E-state index in [-0.39, 0.29) is 6.04 Å². The van der Waals surface area contributed by atoms with Crippen molar-refractivity contribution < 1.29 is 0 Å². The Hall–Kier alpha value is -1.43. The van der Waals surface area contributed by atoms with Crippen LogP contribution >= 0.6 is 15.9 Å². The SMILES string of the molecule is CC(C)CCCC(C)n1nnnc1-c1cc(N)cc(Br)c1. The average molecular weight is 352 g/mol. The predicted molar refractivity (Wildman–Crippen MR) is 88.8 cm³/mol. The molecule has 2 N–H and O–H groups in total. The molecule has 114 valence electrons. The van der Waals surface area contributed by atoms with Crippen LogP contribution in [0.3, 0.4) is 0 Å². The largest absolute Gasteiger partial charge is 0.399 e. The van der Waals surface area contributed by atoms with Gasteiger partial charge in [0.25, 0.3) is 0 Å². The third-order valence-corrected chi connectivity index (χ3v) is 3.95. The summed E-state index contributed by atoms with van der Waals surface area (Å²) in [5, 5.41) is 12.1. The summed E-state index contributed by atoms with van der Waals surface area (Å²) in [5.74, 6) is 1.50. The van der Waals surface area contributed by atoms with Gasteiger partial charge in [-0.15, -0.1) is 5.10 Å². The van der Waals surface area contributed by atoms with E-state index < -0.39 is 0 Å². The van der Waals surface area contributed by atoms with Gasteiger partial charge < -0.3 is 5.73 Å².